The summed E-state index contributed by atoms with van der Waals surface area (Å²) in [6, 6.07) is 6.85. The first-order chi connectivity index (χ1) is 8.20. The first-order valence-electron chi connectivity index (χ1n) is 5.01. The Bertz CT molecular complexity index is 695. The fourth-order valence-corrected chi connectivity index (χ4v) is 1.78. The van der Waals surface area contributed by atoms with Gasteiger partial charge in [0, 0.05) is 11.9 Å². The van der Waals surface area contributed by atoms with Crippen molar-refractivity contribution in [3.8, 4) is 5.75 Å². The van der Waals surface area contributed by atoms with Crippen LogP contribution in [-0.4, -0.2) is 9.67 Å². The highest BCUT2D eigenvalue weighted by atomic mass is 16.3. The third-order valence-corrected chi connectivity index (χ3v) is 2.53. The van der Waals surface area contributed by atoms with Gasteiger partial charge >= 0.3 is 11.2 Å². The minimum absolute atomic E-state index is 0.280. The maximum absolute atomic E-state index is 11.9. The molecule has 5 heteroatoms. The number of hydrogen-bond donors (Lipinski definition) is 1. The van der Waals surface area contributed by atoms with Crippen LogP contribution in [0.5, 0.6) is 5.75 Å². The highest BCUT2D eigenvalue weighted by Gasteiger charge is 2.25. The first-order valence-corrected chi connectivity index (χ1v) is 5.01. The minimum Gasteiger partial charge on any atom is -0.501 e. The zero-order valence-electron chi connectivity index (χ0n) is 9.00. The van der Waals surface area contributed by atoms with Gasteiger partial charge in [-0.05, 0) is 12.1 Å². The van der Waals surface area contributed by atoms with Crippen molar-refractivity contribution in [3.63, 3.8) is 0 Å². The Kier molecular flexibility index (Phi) is 2.63. The fraction of sp³-hybridized carbons (Fsp3) is 0.0833. The van der Waals surface area contributed by atoms with Crippen molar-refractivity contribution < 1.29 is 5.11 Å². The SMILES string of the molecule is C=CCn1c(=O)c([N+]#N)c(O)c2ccccc21. The first kappa shape index (κ1) is 10.9. The van der Waals surface area contributed by atoms with Crippen molar-refractivity contribution >= 4 is 16.6 Å². The van der Waals surface area contributed by atoms with Gasteiger partial charge in [0.2, 0.25) is 11.1 Å². The van der Waals surface area contributed by atoms with E-state index in [1.54, 1.807) is 30.3 Å². The molecule has 84 valence electrons. The molecular weight excluding hydrogens is 218 g/mol. The van der Waals surface area contributed by atoms with E-state index < -0.39 is 5.56 Å². The van der Waals surface area contributed by atoms with Crippen molar-refractivity contribution in [1.82, 2.24) is 4.57 Å². The van der Waals surface area contributed by atoms with Gasteiger partial charge in [-0.2, -0.15) is 0 Å². The van der Waals surface area contributed by atoms with Crippen LogP contribution in [0.1, 0.15) is 0 Å². The van der Waals surface area contributed by atoms with Gasteiger partial charge in [-0.3, -0.25) is 9.36 Å². The Labute approximate surface area is 96.9 Å². The fourth-order valence-electron chi connectivity index (χ4n) is 1.78. The van der Waals surface area contributed by atoms with Gasteiger partial charge in [0.25, 0.3) is 0 Å². The van der Waals surface area contributed by atoms with Crippen LogP contribution in [0.2, 0.25) is 0 Å². The predicted octanol–water partition coefficient (Wildman–Crippen LogP) is 2.38. The van der Waals surface area contributed by atoms with Gasteiger partial charge in [-0.25, -0.2) is 0 Å². The molecule has 1 aromatic carbocycles. The number of hydrogen-bond acceptors (Lipinski definition) is 3. The molecule has 2 aromatic rings. The van der Waals surface area contributed by atoms with E-state index in [0.717, 1.165) is 0 Å². The molecule has 0 bridgehead atoms. The largest absolute Gasteiger partial charge is 0.501 e. The number of nitrogens with zero attached hydrogens (tertiary/aromatic N) is 3. The maximum Gasteiger partial charge on any atom is 0.490 e. The Morgan fingerprint density at radius 3 is 2.82 bits per heavy atom. The van der Waals surface area contributed by atoms with Crippen LogP contribution in [0.4, 0.5) is 5.69 Å². The molecule has 0 saturated carbocycles. The van der Waals surface area contributed by atoms with Crippen LogP contribution < -0.4 is 5.56 Å². The highest BCUT2D eigenvalue weighted by molar-refractivity contribution is 5.90. The molecule has 2 rings (SSSR count). The molecule has 5 nitrogen and oxygen atoms in total. The summed E-state index contributed by atoms with van der Waals surface area (Å²) in [5.41, 5.74) is -0.337. The predicted molar refractivity (Wildman–Crippen MR) is 64.8 cm³/mol. The molecule has 0 aliphatic carbocycles. The molecule has 0 saturated heterocycles. The lowest BCUT2D eigenvalue weighted by Crippen LogP contribution is -2.19. The summed E-state index contributed by atoms with van der Waals surface area (Å²) >= 11 is 0. The highest BCUT2D eigenvalue weighted by Crippen LogP contribution is 2.31. The summed E-state index contributed by atoms with van der Waals surface area (Å²) in [5, 5.41) is 19.1. The van der Waals surface area contributed by atoms with Gasteiger partial charge in [-0.15, -0.1) is 6.58 Å². The van der Waals surface area contributed by atoms with Crippen LogP contribution >= 0.6 is 0 Å². The Hall–Kier alpha value is -2.61. The number of pyridine rings is 1. The monoisotopic (exact) mass is 228 g/mol. The normalized spacial score (nSPS) is 10.1. The van der Waals surface area contributed by atoms with Crippen molar-refractivity contribution in [2.24, 2.45) is 0 Å². The molecule has 0 unspecified atom stereocenters. The molecule has 0 fully saturated rings. The van der Waals surface area contributed by atoms with E-state index in [2.05, 4.69) is 11.6 Å². The average Bonchev–Trinajstić information content (AvgIpc) is 2.35. The number of fused-ring (bicyclic) bond motifs is 1. The summed E-state index contributed by atoms with van der Waals surface area (Å²) < 4.78 is 1.39. The molecule has 1 N–H and O–H groups in total. The van der Waals surface area contributed by atoms with Crippen molar-refractivity contribution in [3.05, 3.63) is 52.3 Å². The zero-order chi connectivity index (χ0) is 12.4. The van der Waals surface area contributed by atoms with Crippen molar-refractivity contribution in [2.75, 3.05) is 0 Å². The maximum atomic E-state index is 11.9. The number of benzene rings is 1. The number of aromatic hydroxyl groups is 1. The second kappa shape index (κ2) is 4.10. The number of allylic oxidation sites excluding steroid dienone is 1. The third-order valence-electron chi connectivity index (χ3n) is 2.53. The molecule has 1 aromatic heterocycles. The second-order valence-electron chi connectivity index (χ2n) is 3.52. The van der Waals surface area contributed by atoms with Gasteiger partial charge in [-0.1, -0.05) is 18.2 Å². The number of para-hydroxylation sites is 1. The van der Waals surface area contributed by atoms with Crippen LogP contribution in [0.3, 0.4) is 0 Å². The molecule has 0 atom stereocenters. The van der Waals surface area contributed by atoms with Crippen molar-refractivity contribution in [2.45, 2.75) is 6.54 Å². The number of aromatic nitrogens is 1. The van der Waals surface area contributed by atoms with Crippen LogP contribution in [0.25, 0.3) is 15.9 Å². The van der Waals surface area contributed by atoms with E-state index in [1.807, 2.05) is 0 Å². The molecule has 0 radical (unpaired) electrons. The minimum atomic E-state index is -0.552. The van der Waals surface area contributed by atoms with E-state index in [0.29, 0.717) is 10.9 Å². The second-order valence-corrected chi connectivity index (χ2v) is 3.52. The molecule has 0 amide bonds. The topological polar surface area (TPSA) is 70.4 Å². The molecule has 1 heterocycles. The zero-order valence-corrected chi connectivity index (χ0v) is 9.00. The standard InChI is InChI=1S/C12H9N3O2/c1-2-7-15-9-6-4-3-5-8(9)11(16)10(14-13)12(15)17/h2-6H,1,7H2/p+1. The number of rotatable bonds is 2. The van der Waals surface area contributed by atoms with Gasteiger partial charge in [0.15, 0.2) is 4.98 Å². The number of diazo groups is 1. The molecule has 17 heavy (non-hydrogen) atoms. The van der Waals surface area contributed by atoms with Crippen LogP contribution in [0.15, 0.2) is 41.7 Å². The summed E-state index contributed by atoms with van der Waals surface area (Å²) in [7, 11) is 0. The van der Waals surface area contributed by atoms with Crippen molar-refractivity contribution in [1.29, 1.82) is 5.39 Å². The summed E-state index contributed by atoms with van der Waals surface area (Å²) in [6.07, 6.45) is 1.56. The van der Waals surface area contributed by atoms with E-state index in [-0.39, 0.29) is 18.0 Å². The molecule has 0 aliphatic rings. The van der Waals surface area contributed by atoms with E-state index in [1.165, 1.54) is 4.57 Å². The molecule has 0 aliphatic heterocycles. The van der Waals surface area contributed by atoms with Crippen LogP contribution in [-0.2, 0) is 6.54 Å². The Morgan fingerprint density at radius 2 is 2.18 bits per heavy atom. The van der Waals surface area contributed by atoms with Gasteiger partial charge in [0.1, 0.15) is 0 Å². The Balaban J connectivity index is 3.02. The summed E-state index contributed by atoms with van der Waals surface area (Å²) in [4.78, 5) is 14.8. The van der Waals surface area contributed by atoms with E-state index in [4.69, 9.17) is 5.39 Å². The molecule has 0 spiro atoms. The Morgan fingerprint density at radius 1 is 1.47 bits per heavy atom. The third kappa shape index (κ3) is 1.56. The van der Waals surface area contributed by atoms with Gasteiger partial charge < -0.3 is 5.11 Å². The van der Waals surface area contributed by atoms with E-state index in [9.17, 15) is 9.90 Å². The summed E-state index contributed by atoms with van der Waals surface area (Å²) in [5.74, 6) is -0.312. The lowest BCUT2D eigenvalue weighted by molar-refractivity contribution is 0.482. The quantitative estimate of drug-likeness (QED) is 0.633. The average molecular weight is 228 g/mol. The van der Waals surface area contributed by atoms with Crippen LogP contribution in [0, 0.1) is 5.39 Å². The smallest absolute Gasteiger partial charge is 0.490 e. The lowest BCUT2D eigenvalue weighted by atomic mass is 10.1. The lowest BCUT2D eigenvalue weighted by Gasteiger charge is -2.06. The van der Waals surface area contributed by atoms with E-state index >= 15 is 0 Å². The van der Waals surface area contributed by atoms with Gasteiger partial charge in [0.05, 0.1) is 5.52 Å². The summed E-state index contributed by atoms with van der Waals surface area (Å²) in [6.45, 7) is 3.85. The molecular formula is C12H10N3O2+.